The number of carbonyl (C=O) groups is 1. The fourth-order valence-electron chi connectivity index (χ4n) is 4.09. The molecule has 1 atom stereocenters. The molecule has 168 valence electrons. The van der Waals surface area contributed by atoms with E-state index in [-0.39, 0.29) is 33.5 Å². The molecule has 33 heavy (non-hydrogen) atoms. The first-order chi connectivity index (χ1) is 15.9. The minimum Gasteiger partial charge on any atom is -0.493 e. The zero-order valence-electron chi connectivity index (χ0n) is 18.0. The van der Waals surface area contributed by atoms with Gasteiger partial charge in [-0.05, 0) is 49.7 Å². The lowest BCUT2D eigenvalue weighted by molar-refractivity contribution is 0.0969. The molecular weight excluding hydrogens is 448 g/mol. The van der Waals surface area contributed by atoms with Crippen LogP contribution in [0.3, 0.4) is 0 Å². The first-order valence-corrected chi connectivity index (χ1v) is 10.6. The number of anilines is 1. The van der Waals surface area contributed by atoms with Crippen LogP contribution in [0.15, 0.2) is 56.2 Å². The fraction of sp³-hybridized carbons (Fsp3) is 0.208. The highest BCUT2D eigenvalue weighted by Gasteiger charge is 2.45. The Morgan fingerprint density at radius 1 is 1.12 bits per heavy atom. The van der Waals surface area contributed by atoms with Crippen molar-refractivity contribution >= 4 is 34.3 Å². The lowest BCUT2D eigenvalue weighted by Gasteiger charge is -2.23. The molecule has 1 aliphatic heterocycles. The molecule has 0 saturated carbocycles. The van der Waals surface area contributed by atoms with Gasteiger partial charge < -0.3 is 18.4 Å². The van der Waals surface area contributed by atoms with Crippen LogP contribution in [-0.4, -0.2) is 24.8 Å². The maximum absolute atomic E-state index is 13.6. The first-order valence-electron chi connectivity index (χ1n) is 10.3. The van der Waals surface area contributed by atoms with E-state index < -0.39 is 11.9 Å². The van der Waals surface area contributed by atoms with Crippen molar-refractivity contribution in [3.8, 4) is 11.5 Å². The smallest absolute Gasteiger partial charge is 0.296 e. The SMILES string of the molecule is CCOc1ccc([C@@H]2c3c(oc4ccc(Cl)cc4c3=O)C(=O)N2c2cc(C)on2)cc1OC. The molecule has 0 unspecified atom stereocenters. The van der Waals surface area contributed by atoms with Gasteiger partial charge in [-0.1, -0.05) is 22.8 Å². The van der Waals surface area contributed by atoms with Crippen LogP contribution in [0.1, 0.15) is 40.4 Å². The second-order valence-electron chi connectivity index (χ2n) is 7.53. The van der Waals surface area contributed by atoms with Gasteiger partial charge in [-0.2, -0.15) is 0 Å². The third kappa shape index (κ3) is 3.34. The highest BCUT2D eigenvalue weighted by Crippen LogP contribution is 2.43. The van der Waals surface area contributed by atoms with E-state index in [0.29, 0.717) is 34.5 Å². The lowest BCUT2D eigenvalue weighted by Crippen LogP contribution is -2.29. The van der Waals surface area contributed by atoms with E-state index in [1.807, 2.05) is 6.92 Å². The zero-order chi connectivity index (χ0) is 23.3. The van der Waals surface area contributed by atoms with Gasteiger partial charge in [-0.15, -0.1) is 0 Å². The number of ether oxygens (including phenoxy) is 2. The minimum atomic E-state index is -0.818. The van der Waals surface area contributed by atoms with Gasteiger partial charge in [-0.3, -0.25) is 14.5 Å². The number of fused-ring (bicyclic) bond motifs is 2. The van der Waals surface area contributed by atoms with Crippen molar-refractivity contribution in [2.75, 3.05) is 18.6 Å². The Morgan fingerprint density at radius 3 is 2.64 bits per heavy atom. The fourth-order valence-corrected chi connectivity index (χ4v) is 4.26. The van der Waals surface area contributed by atoms with Gasteiger partial charge in [0.1, 0.15) is 11.3 Å². The van der Waals surface area contributed by atoms with E-state index in [1.54, 1.807) is 43.3 Å². The molecule has 0 saturated heterocycles. The van der Waals surface area contributed by atoms with E-state index in [9.17, 15) is 9.59 Å². The minimum absolute atomic E-state index is 0.0478. The molecule has 1 amide bonds. The van der Waals surface area contributed by atoms with Crippen molar-refractivity contribution in [2.24, 2.45) is 0 Å². The summed E-state index contributed by atoms with van der Waals surface area (Å²) in [6.07, 6.45) is 0. The highest BCUT2D eigenvalue weighted by atomic mass is 35.5. The van der Waals surface area contributed by atoms with E-state index in [0.717, 1.165) is 0 Å². The third-order valence-corrected chi connectivity index (χ3v) is 5.73. The average Bonchev–Trinajstić information content (AvgIpc) is 3.36. The topological polar surface area (TPSA) is 95.0 Å². The molecule has 3 heterocycles. The summed E-state index contributed by atoms with van der Waals surface area (Å²) in [7, 11) is 1.53. The molecule has 5 rings (SSSR count). The van der Waals surface area contributed by atoms with E-state index >= 15 is 0 Å². The summed E-state index contributed by atoms with van der Waals surface area (Å²) < 4.78 is 22.2. The van der Waals surface area contributed by atoms with Crippen LogP contribution < -0.4 is 19.8 Å². The summed E-state index contributed by atoms with van der Waals surface area (Å²) >= 11 is 6.13. The van der Waals surface area contributed by atoms with E-state index in [2.05, 4.69) is 5.16 Å². The van der Waals surface area contributed by atoms with Crippen LogP contribution in [0, 0.1) is 6.92 Å². The van der Waals surface area contributed by atoms with Gasteiger partial charge >= 0.3 is 0 Å². The van der Waals surface area contributed by atoms with Crippen LogP contribution in [0.4, 0.5) is 5.82 Å². The number of carbonyl (C=O) groups excluding carboxylic acids is 1. The first kappa shape index (κ1) is 21.1. The molecule has 0 radical (unpaired) electrons. The Hall–Kier alpha value is -3.78. The Labute approximate surface area is 193 Å². The molecule has 0 bridgehead atoms. The number of aryl methyl sites for hydroxylation is 1. The van der Waals surface area contributed by atoms with E-state index in [1.165, 1.54) is 18.1 Å². The molecule has 0 aliphatic carbocycles. The van der Waals surface area contributed by atoms with Crippen LogP contribution in [0.2, 0.25) is 5.02 Å². The predicted octanol–water partition coefficient (Wildman–Crippen LogP) is 4.90. The maximum atomic E-state index is 13.6. The van der Waals surface area contributed by atoms with Crippen molar-refractivity contribution in [3.63, 3.8) is 0 Å². The molecule has 0 spiro atoms. The summed E-state index contributed by atoms with van der Waals surface area (Å²) in [5, 5.41) is 4.70. The molecule has 1 aliphatic rings. The highest BCUT2D eigenvalue weighted by molar-refractivity contribution is 6.31. The number of amides is 1. The molecule has 0 N–H and O–H groups in total. The van der Waals surface area contributed by atoms with Crippen molar-refractivity contribution in [1.29, 1.82) is 0 Å². The quantitative estimate of drug-likeness (QED) is 0.412. The summed E-state index contributed by atoms with van der Waals surface area (Å²) in [5.74, 6) is 1.27. The van der Waals surface area contributed by atoms with Crippen LogP contribution >= 0.6 is 11.6 Å². The Morgan fingerprint density at radius 2 is 1.94 bits per heavy atom. The average molecular weight is 467 g/mol. The summed E-state index contributed by atoms with van der Waals surface area (Å²) in [4.78, 5) is 28.5. The Bertz CT molecular complexity index is 1460. The van der Waals surface area contributed by atoms with Crippen molar-refractivity contribution in [1.82, 2.24) is 5.16 Å². The second-order valence-corrected chi connectivity index (χ2v) is 7.97. The van der Waals surface area contributed by atoms with Gasteiger partial charge in [0.05, 0.1) is 30.7 Å². The summed E-state index contributed by atoms with van der Waals surface area (Å²) in [6, 6.07) is 10.8. The van der Waals surface area contributed by atoms with Gasteiger partial charge in [0, 0.05) is 11.1 Å². The zero-order valence-corrected chi connectivity index (χ0v) is 18.8. The second kappa shape index (κ2) is 7.97. The predicted molar refractivity (Wildman–Crippen MR) is 122 cm³/mol. The van der Waals surface area contributed by atoms with Crippen LogP contribution in [-0.2, 0) is 0 Å². The molecule has 2 aromatic heterocycles. The normalized spacial score (nSPS) is 15.2. The Kier molecular flexibility index (Phi) is 5.09. The van der Waals surface area contributed by atoms with Gasteiger partial charge in [-0.25, -0.2) is 0 Å². The third-order valence-electron chi connectivity index (χ3n) is 5.50. The summed E-state index contributed by atoms with van der Waals surface area (Å²) in [5.41, 5.74) is 0.749. The number of hydrogen-bond donors (Lipinski definition) is 0. The number of hydrogen-bond acceptors (Lipinski definition) is 7. The van der Waals surface area contributed by atoms with E-state index in [4.69, 9.17) is 30.0 Å². The molecular formula is C24H19ClN2O6. The monoisotopic (exact) mass is 466 g/mol. The standard InChI is InChI=1S/C24H19ClN2O6/c1-4-31-17-7-5-13(10-18(17)30-3)21-20-22(28)15-11-14(25)6-8-16(15)32-23(20)24(29)27(21)19-9-12(2)33-26-19/h5-11,21H,4H2,1-3H3/t21-/m1/s1. The van der Waals surface area contributed by atoms with Crippen LogP contribution in [0.25, 0.3) is 11.0 Å². The van der Waals surface area contributed by atoms with Crippen molar-refractivity contribution in [3.05, 3.63) is 80.4 Å². The van der Waals surface area contributed by atoms with Crippen molar-refractivity contribution < 1.29 is 23.2 Å². The summed E-state index contributed by atoms with van der Waals surface area (Å²) in [6.45, 7) is 4.05. The number of benzene rings is 2. The number of rotatable bonds is 5. The number of methoxy groups -OCH3 is 1. The molecule has 0 fully saturated rings. The number of aromatic nitrogens is 1. The van der Waals surface area contributed by atoms with Crippen molar-refractivity contribution in [2.45, 2.75) is 19.9 Å². The largest absolute Gasteiger partial charge is 0.493 e. The van der Waals surface area contributed by atoms with Gasteiger partial charge in [0.2, 0.25) is 5.76 Å². The van der Waals surface area contributed by atoms with Gasteiger partial charge in [0.25, 0.3) is 5.91 Å². The molecule has 2 aromatic carbocycles. The number of nitrogens with zero attached hydrogens (tertiary/aromatic N) is 2. The van der Waals surface area contributed by atoms with Crippen LogP contribution in [0.5, 0.6) is 11.5 Å². The number of halogens is 1. The Balaban J connectivity index is 1.79. The molecule has 9 heteroatoms. The lowest BCUT2D eigenvalue weighted by atomic mass is 9.98. The molecule has 8 nitrogen and oxygen atoms in total. The molecule has 4 aromatic rings. The maximum Gasteiger partial charge on any atom is 0.296 e. The van der Waals surface area contributed by atoms with Gasteiger partial charge in [0.15, 0.2) is 22.7 Å².